The number of carbonyl (C=O) groups is 1. The normalized spacial score (nSPS) is 29.9. The van der Waals surface area contributed by atoms with E-state index in [1.165, 1.54) is 0 Å². The lowest BCUT2D eigenvalue weighted by Crippen LogP contribution is -2.57. The van der Waals surface area contributed by atoms with Gasteiger partial charge in [-0.2, -0.15) is 0 Å². The summed E-state index contributed by atoms with van der Waals surface area (Å²) in [6.07, 6.45) is 3.53. The number of amides is 1. The molecule has 3 heterocycles. The lowest BCUT2D eigenvalue weighted by atomic mass is 10.1. The van der Waals surface area contributed by atoms with Gasteiger partial charge in [-0.1, -0.05) is 18.2 Å². The highest BCUT2D eigenvalue weighted by atomic mass is 32.2. The quantitative estimate of drug-likeness (QED) is 0.732. The predicted octanol–water partition coefficient (Wildman–Crippen LogP) is 1.07. The summed E-state index contributed by atoms with van der Waals surface area (Å²) in [6, 6.07) is 9.57. The van der Waals surface area contributed by atoms with Crippen LogP contribution in [0.15, 0.2) is 30.3 Å². The fraction of sp³-hybridized carbons (Fsp3) is 0.650. The average molecular weight is 408 g/mol. The average Bonchev–Trinajstić information content (AvgIpc) is 3.37. The zero-order chi connectivity index (χ0) is 19.6. The van der Waals surface area contributed by atoms with Crippen LogP contribution in [0.2, 0.25) is 0 Å². The highest BCUT2D eigenvalue weighted by Gasteiger charge is 2.41. The molecule has 8 heteroatoms. The lowest BCUT2D eigenvalue weighted by Gasteiger charge is -2.40. The van der Waals surface area contributed by atoms with Gasteiger partial charge in [0, 0.05) is 50.4 Å². The van der Waals surface area contributed by atoms with Crippen molar-refractivity contribution in [2.24, 2.45) is 0 Å². The van der Waals surface area contributed by atoms with Crippen molar-refractivity contribution in [2.45, 2.75) is 43.9 Å². The number of ether oxygens (including phenoxy) is 1. The highest BCUT2D eigenvalue weighted by Crippen LogP contribution is 2.26. The molecular formula is C20H29N3O4S. The van der Waals surface area contributed by atoms with Crippen LogP contribution < -0.4 is 4.72 Å². The molecule has 1 unspecified atom stereocenters. The second-order valence-electron chi connectivity index (χ2n) is 8.01. The van der Waals surface area contributed by atoms with E-state index in [1.54, 1.807) is 0 Å². The first kappa shape index (κ1) is 19.8. The van der Waals surface area contributed by atoms with Crippen molar-refractivity contribution in [3.05, 3.63) is 35.9 Å². The van der Waals surface area contributed by atoms with Crippen molar-refractivity contribution in [2.75, 3.05) is 38.5 Å². The Bertz CT molecular complexity index is 780. The van der Waals surface area contributed by atoms with Gasteiger partial charge in [-0.25, -0.2) is 13.1 Å². The van der Waals surface area contributed by atoms with Gasteiger partial charge >= 0.3 is 0 Å². The summed E-state index contributed by atoms with van der Waals surface area (Å²) in [5.41, 5.74) is 0.693. The molecule has 4 atom stereocenters. The van der Waals surface area contributed by atoms with E-state index in [4.69, 9.17) is 4.74 Å². The first-order valence-electron chi connectivity index (χ1n) is 10.2. The molecule has 0 spiro atoms. The molecule has 1 aromatic carbocycles. The summed E-state index contributed by atoms with van der Waals surface area (Å²) >= 11 is 0. The monoisotopic (exact) mass is 407 g/mol. The van der Waals surface area contributed by atoms with Gasteiger partial charge < -0.3 is 9.64 Å². The number of hydrogen-bond acceptors (Lipinski definition) is 5. The van der Waals surface area contributed by atoms with E-state index < -0.39 is 10.0 Å². The van der Waals surface area contributed by atoms with Gasteiger partial charge in [-0.15, -0.1) is 0 Å². The van der Waals surface area contributed by atoms with E-state index in [1.807, 2.05) is 35.2 Å². The van der Waals surface area contributed by atoms with Crippen molar-refractivity contribution in [1.82, 2.24) is 14.5 Å². The Balaban J connectivity index is 1.34. The van der Waals surface area contributed by atoms with Crippen LogP contribution in [0.25, 0.3) is 0 Å². The number of carbonyl (C=O) groups excluding carboxylic acids is 1. The molecule has 0 saturated carbocycles. The zero-order valence-electron chi connectivity index (χ0n) is 16.1. The summed E-state index contributed by atoms with van der Waals surface area (Å²) < 4.78 is 33.1. The summed E-state index contributed by atoms with van der Waals surface area (Å²) in [5, 5.41) is 0. The molecule has 3 aliphatic heterocycles. The zero-order valence-corrected chi connectivity index (χ0v) is 16.9. The smallest absolute Gasteiger partial charge is 0.254 e. The third kappa shape index (κ3) is 4.56. The van der Waals surface area contributed by atoms with Gasteiger partial charge in [0.05, 0.1) is 11.9 Å². The van der Waals surface area contributed by atoms with E-state index in [0.717, 1.165) is 39.0 Å². The van der Waals surface area contributed by atoms with Crippen LogP contribution in [-0.4, -0.2) is 80.9 Å². The minimum atomic E-state index is -3.34. The van der Waals surface area contributed by atoms with Crippen LogP contribution in [0, 0.1) is 0 Å². The van der Waals surface area contributed by atoms with E-state index in [9.17, 15) is 13.2 Å². The number of fused-ring (bicyclic) bond motifs is 2. The Kier molecular flexibility index (Phi) is 6.01. The van der Waals surface area contributed by atoms with Crippen molar-refractivity contribution >= 4 is 15.9 Å². The fourth-order valence-corrected chi connectivity index (χ4v) is 5.65. The van der Waals surface area contributed by atoms with Gasteiger partial charge in [-0.3, -0.25) is 9.69 Å². The van der Waals surface area contributed by atoms with Crippen LogP contribution in [0.5, 0.6) is 0 Å². The van der Waals surface area contributed by atoms with Crippen LogP contribution in [0.4, 0.5) is 0 Å². The van der Waals surface area contributed by atoms with Gasteiger partial charge in [0.25, 0.3) is 5.91 Å². The number of nitrogens with zero attached hydrogens (tertiary/aromatic N) is 2. The lowest BCUT2D eigenvalue weighted by molar-refractivity contribution is 0.0502. The molecule has 28 heavy (non-hydrogen) atoms. The number of benzene rings is 1. The summed E-state index contributed by atoms with van der Waals surface area (Å²) in [4.78, 5) is 17.2. The molecule has 2 bridgehead atoms. The summed E-state index contributed by atoms with van der Waals surface area (Å²) in [6.45, 7) is 3.37. The molecule has 1 N–H and O–H groups in total. The van der Waals surface area contributed by atoms with Crippen molar-refractivity contribution in [3.63, 3.8) is 0 Å². The molecule has 4 rings (SSSR count). The van der Waals surface area contributed by atoms with Crippen molar-refractivity contribution in [1.29, 1.82) is 0 Å². The van der Waals surface area contributed by atoms with E-state index >= 15 is 0 Å². The predicted molar refractivity (Wildman–Crippen MR) is 107 cm³/mol. The minimum absolute atomic E-state index is 0.0175. The Morgan fingerprint density at radius 1 is 1.18 bits per heavy atom. The number of piperazine rings is 1. The van der Waals surface area contributed by atoms with Crippen LogP contribution in [-0.2, 0) is 14.8 Å². The molecule has 0 radical (unpaired) electrons. The number of nitrogens with one attached hydrogen (secondary N) is 1. The Morgan fingerprint density at radius 2 is 2.00 bits per heavy atom. The van der Waals surface area contributed by atoms with Crippen LogP contribution in [0.3, 0.4) is 0 Å². The fourth-order valence-electron chi connectivity index (χ4n) is 4.49. The standard InChI is InChI=1S/C20H29N3O4S/c24-20(16-5-2-1-3-6-16)23-15-18(22-10-8-17(23)14-22)13-21-28(25,26)12-9-19-7-4-11-27-19/h1-3,5-6,17-19,21H,4,7-15H2/t17-,18-,19-/m0/s1. The maximum absolute atomic E-state index is 12.9. The topological polar surface area (TPSA) is 79.0 Å². The second-order valence-corrected chi connectivity index (χ2v) is 9.93. The van der Waals surface area contributed by atoms with E-state index in [2.05, 4.69) is 9.62 Å². The largest absolute Gasteiger partial charge is 0.378 e. The van der Waals surface area contributed by atoms with Gasteiger partial charge in [0.1, 0.15) is 0 Å². The SMILES string of the molecule is O=C(c1ccccc1)N1C[C@H](CNS(=O)(=O)CC[C@@H]2CCCO2)N2CC[C@H]1C2. The van der Waals surface area contributed by atoms with E-state index in [0.29, 0.717) is 25.1 Å². The summed E-state index contributed by atoms with van der Waals surface area (Å²) in [5.74, 6) is 0.137. The number of hydrogen-bond donors (Lipinski definition) is 1. The highest BCUT2D eigenvalue weighted by molar-refractivity contribution is 7.89. The Labute approximate surface area is 167 Å². The molecule has 1 aromatic rings. The molecule has 3 saturated heterocycles. The van der Waals surface area contributed by atoms with Gasteiger partial charge in [0.2, 0.25) is 10.0 Å². The maximum Gasteiger partial charge on any atom is 0.254 e. The van der Waals surface area contributed by atoms with Gasteiger partial charge in [-0.05, 0) is 37.8 Å². The van der Waals surface area contributed by atoms with Gasteiger partial charge in [0.15, 0.2) is 0 Å². The molecular weight excluding hydrogens is 378 g/mol. The molecule has 3 fully saturated rings. The van der Waals surface area contributed by atoms with Crippen molar-refractivity contribution < 1.29 is 17.9 Å². The first-order chi connectivity index (χ1) is 13.5. The third-order valence-corrected chi connectivity index (χ3v) is 7.49. The molecule has 0 aromatic heterocycles. The second kappa shape index (κ2) is 8.49. The first-order valence-corrected chi connectivity index (χ1v) is 11.9. The summed E-state index contributed by atoms with van der Waals surface area (Å²) in [7, 11) is -3.34. The minimum Gasteiger partial charge on any atom is -0.378 e. The Morgan fingerprint density at radius 3 is 2.75 bits per heavy atom. The third-order valence-electron chi connectivity index (χ3n) is 6.11. The molecule has 0 aliphatic carbocycles. The number of sulfonamides is 1. The molecule has 1 amide bonds. The van der Waals surface area contributed by atoms with E-state index in [-0.39, 0.29) is 29.8 Å². The molecule has 3 aliphatic rings. The van der Waals surface area contributed by atoms with Crippen LogP contribution in [0.1, 0.15) is 36.0 Å². The molecule has 154 valence electrons. The maximum atomic E-state index is 12.9. The van der Waals surface area contributed by atoms with Crippen LogP contribution >= 0.6 is 0 Å². The van der Waals surface area contributed by atoms with Crippen molar-refractivity contribution in [3.8, 4) is 0 Å². The molecule has 7 nitrogen and oxygen atoms in total. The number of rotatable bonds is 7. The Hall–Kier alpha value is -1.48.